The van der Waals surface area contributed by atoms with E-state index in [1.807, 2.05) is 30.3 Å². The Bertz CT molecular complexity index is 455. The summed E-state index contributed by atoms with van der Waals surface area (Å²) in [6, 6.07) is 9.64. The number of aliphatic hydroxyl groups is 2. The molecule has 0 saturated heterocycles. The summed E-state index contributed by atoms with van der Waals surface area (Å²) < 4.78 is 0. The van der Waals surface area contributed by atoms with E-state index < -0.39 is 17.8 Å². The van der Waals surface area contributed by atoms with Crippen molar-refractivity contribution in [2.45, 2.75) is 31.2 Å². The van der Waals surface area contributed by atoms with Crippen LogP contribution in [0.3, 0.4) is 0 Å². The highest BCUT2D eigenvalue weighted by atomic mass is 16.7. The first-order valence-corrected chi connectivity index (χ1v) is 5.79. The molecule has 0 aromatic heterocycles. The molecular formula is C13H15NO3. The molecule has 4 atom stereocenters. The van der Waals surface area contributed by atoms with Crippen molar-refractivity contribution < 1.29 is 15.1 Å². The Morgan fingerprint density at radius 2 is 2.06 bits per heavy atom. The second-order valence-corrected chi connectivity index (χ2v) is 5.02. The van der Waals surface area contributed by atoms with Crippen molar-refractivity contribution in [1.29, 1.82) is 0 Å². The van der Waals surface area contributed by atoms with Crippen LogP contribution in [0.2, 0.25) is 0 Å². The molecule has 2 aliphatic rings. The first kappa shape index (κ1) is 10.7. The van der Waals surface area contributed by atoms with Crippen LogP contribution in [0.25, 0.3) is 0 Å². The molecule has 2 N–H and O–H groups in total. The summed E-state index contributed by atoms with van der Waals surface area (Å²) in [6.07, 6.45) is -0.710. The van der Waals surface area contributed by atoms with Crippen LogP contribution in [0.4, 0.5) is 0 Å². The first-order valence-electron chi connectivity index (χ1n) is 5.79. The fourth-order valence-corrected chi connectivity index (χ4v) is 2.79. The molecule has 1 saturated carbocycles. The van der Waals surface area contributed by atoms with E-state index >= 15 is 0 Å². The Hall–Kier alpha value is -1.39. The number of rotatable bonds is 1. The maximum absolute atomic E-state index is 10.1. The average molecular weight is 233 g/mol. The molecule has 1 heterocycles. The lowest BCUT2D eigenvalue weighted by Gasteiger charge is -2.21. The van der Waals surface area contributed by atoms with Gasteiger partial charge in [-0.2, -0.15) is 0 Å². The molecule has 0 radical (unpaired) electrons. The third-order valence-corrected chi connectivity index (χ3v) is 3.63. The quantitative estimate of drug-likeness (QED) is 0.758. The average Bonchev–Trinajstić information content (AvgIpc) is 2.82. The zero-order valence-electron chi connectivity index (χ0n) is 9.58. The van der Waals surface area contributed by atoms with Gasteiger partial charge in [0.05, 0.1) is 17.7 Å². The zero-order chi connectivity index (χ0) is 12.0. The van der Waals surface area contributed by atoms with Crippen LogP contribution < -0.4 is 0 Å². The molecule has 4 nitrogen and oxygen atoms in total. The van der Waals surface area contributed by atoms with Crippen molar-refractivity contribution in [3.05, 3.63) is 35.9 Å². The Labute approximate surface area is 99.5 Å². The van der Waals surface area contributed by atoms with Crippen LogP contribution in [-0.2, 0) is 4.84 Å². The van der Waals surface area contributed by atoms with Gasteiger partial charge in [0, 0.05) is 6.42 Å². The maximum atomic E-state index is 10.1. The van der Waals surface area contributed by atoms with E-state index in [1.165, 1.54) is 0 Å². The van der Waals surface area contributed by atoms with Gasteiger partial charge < -0.3 is 15.1 Å². The molecule has 1 aliphatic carbocycles. The highest BCUT2D eigenvalue weighted by Gasteiger charge is 2.56. The number of oxime groups is 1. The predicted molar refractivity (Wildman–Crippen MR) is 62.6 cm³/mol. The molecule has 1 fully saturated rings. The molecule has 17 heavy (non-hydrogen) atoms. The summed E-state index contributed by atoms with van der Waals surface area (Å²) in [5.41, 5.74) is 0.669. The van der Waals surface area contributed by atoms with Gasteiger partial charge in [0.15, 0.2) is 6.10 Å². The number of fused-ring (bicyclic) bond motifs is 1. The van der Waals surface area contributed by atoms with Gasteiger partial charge in [-0.15, -0.1) is 0 Å². The number of aliphatic hydroxyl groups excluding tert-OH is 1. The van der Waals surface area contributed by atoms with Gasteiger partial charge >= 0.3 is 0 Å². The van der Waals surface area contributed by atoms with E-state index in [0.29, 0.717) is 6.42 Å². The normalized spacial score (nSPS) is 39.7. The van der Waals surface area contributed by atoms with Crippen LogP contribution in [0.1, 0.15) is 18.9 Å². The largest absolute Gasteiger partial charge is 0.392 e. The van der Waals surface area contributed by atoms with Gasteiger partial charge in [-0.05, 0) is 12.5 Å². The Balaban J connectivity index is 1.96. The van der Waals surface area contributed by atoms with Crippen molar-refractivity contribution in [2.75, 3.05) is 0 Å². The molecule has 0 unspecified atom stereocenters. The van der Waals surface area contributed by atoms with Gasteiger partial charge in [-0.1, -0.05) is 35.5 Å². The van der Waals surface area contributed by atoms with Crippen molar-refractivity contribution in [2.24, 2.45) is 11.1 Å². The minimum absolute atomic E-state index is 0.229. The van der Waals surface area contributed by atoms with Crippen LogP contribution >= 0.6 is 0 Å². The number of hydrogen-bond acceptors (Lipinski definition) is 4. The molecule has 90 valence electrons. The van der Waals surface area contributed by atoms with Crippen LogP contribution in [0.5, 0.6) is 0 Å². The van der Waals surface area contributed by atoms with E-state index in [0.717, 1.165) is 11.3 Å². The minimum Gasteiger partial charge on any atom is -0.392 e. The van der Waals surface area contributed by atoms with E-state index in [2.05, 4.69) is 5.16 Å². The van der Waals surface area contributed by atoms with Crippen LogP contribution in [0.15, 0.2) is 35.5 Å². The minimum atomic E-state index is -1.01. The Morgan fingerprint density at radius 3 is 2.76 bits per heavy atom. The van der Waals surface area contributed by atoms with E-state index in [1.54, 1.807) is 6.92 Å². The summed E-state index contributed by atoms with van der Waals surface area (Å²) in [6.45, 7) is 1.68. The number of nitrogens with zero attached hydrogens (tertiary/aromatic N) is 1. The lowest BCUT2D eigenvalue weighted by molar-refractivity contribution is -0.0738. The summed E-state index contributed by atoms with van der Waals surface area (Å²) in [7, 11) is 0. The topological polar surface area (TPSA) is 62.0 Å². The molecule has 3 rings (SSSR count). The molecule has 0 amide bonds. The second kappa shape index (κ2) is 3.55. The number of benzene rings is 1. The van der Waals surface area contributed by atoms with Crippen LogP contribution in [-0.4, -0.2) is 33.7 Å². The molecule has 4 heteroatoms. The molecule has 1 aromatic rings. The third kappa shape index (κ3) is 1.56. The highest BCUT2D eigenvalue weighted by Crippen LogP contribution is 2.42. The van der Waals surface area contributed by atoms with Gasteiger partial charge in [0.1, 0.15) is 5.60 Å². The lowest BCUT2D eigenvalue weighted by atomic mass is 9.91. The van der Waals surface area contributed by atoms with Gasteiger partial charge in [0.2, 0.25) is 0 Å². The summed E-state index contributed by atoms with van der Waals surface area (Å²) in [5, 5.41) is 24.2. The predicted octanol–water partition coefficient (Wildman–Crippen LogP) is 0.921. The van der Waals surface area contributed by atoms with Crippen molar-refractivity contribution >= 4 is 5.71 Å². The Kier molecular flexibility index (Phi) is 2.24. The fraction of sp³-hybridized carbons (Fsp3) is 0.462. The second-order valence-electron chi connectivity index (χ2n) is 5.02. The van der Waals surface area contributed by atoms with Gasteiger partial charge in [-0.3, -0.25) is 0 Å². The number of hydrogen-bond donors (Lipinski definition) is 2. The van der Waals surface area contributed by atoms with E-state index in [9.17, 15) is 10.2 Å². The van der Waals surface area contributed by atoms with Crippen LogP contribution in [0, 0.1) is 5.92 Å². The third-order valence-electron chi connectivity index (χ3n) is 3.63. The van der Waals surface area contributed by atoms with E-state index in [-0.39, 0.29) is 5.92 Å². The van der Waals surface area contributed by atoms with Crippen molar-refractivity contribution in [3.63, 3.8) is 0 Å². The summed E-state index contributed by atoms with van der Waals surface area (Å²) >= 11 is 0. The highest BCUT2D eigenvalue weighted by molar-refractivity contribution is 6.03. The lowest BCUT2D eigenvalue weighted by Crippen LogP contribution is -2.37. The first-order chi connectivity index (χ1) is 8.09. The molecule has 0 bridgehead atoms. The Morgan fingerprint density at radius 1 is 1.35 bits per heavy atom. The molecular weight excluding hydrogens is 218 g/mol. The molecule has 1 aromatic carbocycles. The van der Waals surface area contributed by atoms with Gasteiger partial charge in [0.25, 0.3) is 0 Å². The maximum Gasteiger partial charge on any atom is 0.166 e. The van der Waals surface area contributed by atoms with E-state index in [4.69, 9.17) is 4.84 Å². The fourth-order valence-electron chi connectivity index (χ4n) is 2.79. The standard InChI is InChI=1S/C13H15NO3/c1-13(16)7-9(15)10-11(14-17-12(10)13)8-5-3-2-4-6-8/h2-6,9-10,12,15-16H,7H2,1H3/t9-,10-,12+,13+/m0/s1. The molecule has 0 spiro atoms. The van der Waals surface area contributed by atoms with Gasteiger partial charge in [-0.25, -0.2) is 0 Å². The summed E-state index contributed by atoms with van der Waals surface area (Å²) in [5.74, 6) is -0.229. The zero-order valence-corrected chi connectivity index (χ0v) is 9.58. The van der Waals surface area contributed by atoms with Crippen molar-refractivity contribution in [1.82, 2.24) is 0 Å². The molecule has 1 aliphatic heterocycles. The SMILES string of the molecule is C[C@@]1(O)C[C@H](O)[C@H]2C(c3ccccc3)=NO[C@H]21. The van der Waals surface area contributed by atoms with Crippen molar-refractivity contribution in [3.8, 4) is 0 Å². The smallest absolute Gasteiger partial charge is 0.166 e. The monoisotopic (exact) mass is 233 g/mol. The summed E-state index contributed by atoms with van der Waals surface area (Å²) in [4.78, 5) is 5.31.